The van der Waals surface area contributed by atoms with Crippen LogP contribution in [0.1, 0.15) is 77.6 Å². The zero-order chi connectivity index (χ0) is 12.6. The maximum atomic E-state index is 3.66. The first-order chi connectivity index (χ1) is 8.41. The van der Waals surface area contributed by atoms with Crippen LogP contribution in [0.4, 0.5) is 0 Å². The highest BCUT2D eigenvalue weighted by Gasteiger charge is 1.92. The lowest BCUT2D eigenvalue weighted by Gasteiger charge is -2.01. The summed E-state index contributed by atoms with van der Waals surface area (Å²) in [5.41, 5.74) is 0. The normalized spacial score (nSPS) is 11.1. The summed E-state index contributed by atoms with van der Waals surface area (Å²) in [6.45, 7) is 5.94. The van der Waals surface area contributed by atoms with Gasteiger partial charge in [0.15, 0.2) is 0 Å². The van der Waals surface area contributed by atoms with Gasteiger partial charge in [0.1, 0.15) is 0 Å². The Morgan fingerprint density at radius 2 is 1.35 bits per heavy atom. The van der Waals surface area contributed by atoms with Gasteiger partial charge in [-0.25, -0.2) is 0 Å². The fraction of sp³-hybridized carbons (Fsp3) is 0.706. The van der Waals surface area contributed by atoms with Crippen molar-refractivity contribution in [1.82, 2.24) is 0 Å². The van der Waals surface area contributed by atoms with Crippen molar-refractivity contribution < 1.29 is 0 Å². The molecule has 0 saturated carbocycles. The van der Waals surface area contributed by atoms with Gasteiger partial charge in [-0.1, -0.05) is 89.5 Å². The van der Waals surface area contributed by atoms with Crippen molar-refractivity contribution >= 4 is 0 Å². The summed E-state index contributed by atoms with van der Waals surface area (Å²) in [5.74, 6) is 0. The second-order valence-electron chi connectivity index (χ2n) is 4.79. The molecule has 17 heavy (non-hydrogen) atoms. The van der Waals surface area contributed by atoms with Crippen LogP contribution in [0.5, 0.6) is 0 Å². The summed E-state index contributed by atoms with van der Waals surface area (Å²) in [4.78, 5) is 0. The zero-order valence-electron chi connectivity index (χ0n) is 11.8. The average molecular weight is 235 g/mol. The Labute approximate surface area is 109 Å². The van der Waals surface area contributed by atoms with Crippen LogP contribution in [0.3, 0.4) is 0 Å². The van der Waals surface area contributed by atoms with Crippen LogP contribution < -0.4 is 0 Å². The first kappa shape index (κ1) is 16.5. The van der Waals surface area contributed by atoms with Gasteiger partial charge in [-0.2, -0.15) is 0 Å². The third kappa shape index (κ3) is 15.5. The Hall–Kier alpha value is -0.520. The Balaban J connectivity index is 2.93. The molecule has 0 aliphatic heterocycles. The SMILES string of the molecule is C=C/C=C\CCCCCC[CH]CCCCCC. The molecule has 0 atom stereocenters. The summed E-state index contributed by atoms with van der Waals surface area (Å²) < 4.78 is 0. The molecule has 1 radical (unpaired) electrons. The lowest BCUT2D eigenvalue weighted by molar-refractivity contribution is 0.613. The van der Waals surface area contributed by atoms with Gasteiger partial charge in [-0.05, 0) is 19.3 Å². The fourth-order valence-electron chi connectivity index (χ4n) is 1.96. The van der Waals surface area contributed by atoms with E-state index in [0.29, 0.717) is 0 Å². The van der Waals surface area contributed by atoms with Crippen LogP contribution in [-0.4, -0.2) is 0 Å². The van der Waals surface area contributed by atoms with Gasteiger partial charge >= 0.3 is 0 Å². The number of hydrogen-bond acceptors (Lipinski definition) is 0. The topological polar surface area (TPSA) is 0 Å². The third-order valence-corrected chi connectivity index (χ3v) is 3.06. The van der Waals surface area contributed by atoms with E-state index >= 15 is 0 Å². The van der Waals surface area contributed by atoms with Crippen LogP contribution in [0.2, 0.25) is 0 Å². The molecule has 99 valence electrons. The Morgan fingerprint density at radius 3 is 1.94 bits per heavy atom. The molecule has 0 aliphatic carbocycles. The number of allylic oxidation sites excluding steroid dienone is 3. The standard InChI is InChI=1S/C17H31/c1-3-5-7-9-11-13-15-17-16-14-12-10-8-6-4-2/h3,5,7,14H,1,4,6,8-13,15-17H2,2H3/b7-5-. The van der Waals surface area contributed by atoms with Gasteiger partial charge in [-0.15, -0.1) is 0 Å². The molecule has 0 N–H and O–H groups in total. The molecule has 0 heteroatoms. The first-order valence-electron chi connectivity index (χ1n) is 7.51. The molecule has 0 aliphatic rings. The van der Waals surface area contributed by atoms with Gasteiger partial charge in [0.05, 0.1) is 0 Å². The molecule has 0 nitrogen and oxygen atoms in total. The zero-order valence-corrected chi connectivity index (χ0v) is 11.8. The minimum atomic E-state index is 1.22. The molecule has 0 rings (SSSR count). The van der Waals surface area contributed by atoms with Crippen molar-refractivity contribution in [1.29, 1.82) is 0 Å². The quantitative estimate of drug-likeness (QED) is 0.262. The second-order valence-corrected chi connectivity index (χ2v) is 4.79. The molecule has 0 amide bonds. The van der Waals surface area contributed by atoms with E-state index in [0.717, 1.165) is 0 Å². The van der Waals surface area contributed by atoms with Gasteiger partial charge in [0, 0.05) is 0 Å². The van der Waals surface area contributed by atoms with Gasteiger partial charge in [-0.3, -0.25) is 0 Å². The lowest BCUT2D eigenvalue weighted by Crippen LogP contribution is -1.82. The number of unbranched alkanes of at least 4 members (excludes halogenated alkanes) is 11. The van der Waals surface area contributed by atoms with E-state index in [1.54, 1.807) is 0 Å². The van der Waals surface area contributed by atoms with E-state index in [2.05, 4.69) is 26.0 Å². The summed E-state index contributed by atoms with van der Waals surface area (Å²) in [7, 11) is 0. The monoisotopic (exact) mass is 235 g/mol. The van der Waals surface area contributed by atoms with Crippen molar-refractivity contribution in [2.75, 3.05) is 0 Å². The highest BCUT2D eigenvalue weighted by atomic mass is 14.0. The maximum Gasteiger partial charge on any atom is -0.0348 e. The molecular formula is C17H31. The summed E-state index contributed by atoms with van der Waals surface area (Å²) >= 11 is 0. The predicted octanol–water partition coefficient (Wildman–Crippen LogP) is 6.24. The number of rotatable bonds is 13. The van der Waals surface area contributed by atoms with Gasteiger partial charge in [0.2, 0.25) is 0 Å². The highest BCUT2D eigenvalue weighted by Crippen LogP contribution is 2.11. The number of hydrogen-bond donors (Lipinski definition) is 0. The molecular weight excluding hydrogens is 204 g/mol. The average Bonchev–Trinajstić information content (AvgIpc) is 2.35. The molecule has 0 bridgehead atoms. The molecule has 0 aromatic carbocycles. The minimum absolute atomic E-state index is 1.22. The molecule has 0 spiro atoms. The van der Waals surface area contributed by atoms with Crippen molar-refractivity contribution in [2.45, 2.75) is 77.6 Å². The Kier molecular flexibility index (Phi) is 15.0. The smallest absolute Gasteiger partial charge is 0.0348 e. The van der Waals surface area contributed by atoms with Crippen LogP contribution in [0, 0.1) is 6.42 Å². The van der Waals surface area contributed by atoms with Gasteiger partial charge in [0.25, 0.3) is 0 Å². The largest absolute Gasteiger partial charge is 0.0991 e. The fourth-order valence-corrected chi connectivity index (χ4v) is 1.96. The molecule has 0 heterocycles. The van der Waals surface area contributed by atoms with E-state index in [9.17, 15) is 0 Å². The van der Waals surface area contributed by atoms with Crippen molar-refractivity contribution in [3.05, 3.63) is 31.2 Å². The summed E-state index contributed by atoms with van der Waals surface area (Å²) in [6.07, 6.45) is 23.6. The Morgan fingerprint density at radius 1 is 0.765 bits per heavy atom. The minimum Gasteiger partial charge on any atom is -0.0991 e. The Bertz CT molecular complexity index is 167. The molecule has 0 aromatic heterocycles. The van der Waals surface area contributed by atoms with E-state index in [1.165, 1.54) is 70.6 Å². The first-order valence-corrected chi connectivity index (χ1v) is 7.51. The van der Waals surface area contributed by atoms with E-state index < -0.39 is 0 Å². The van der Waals surface area contributed by atoms with E-state index in [-0.39, 0.29) is 0 Å². The molecule has 0 unspecified atom stereocenters. The van der Waals surface area contributed by atoms with Crippen LogP contribution in [0.15, 0.2) is 24.8 Å². The summed E-state index contributed by atoms with van der Waals surface area (Å²) in [6, 6.07) is 0. The highest BCUT2D eigenvalue weighted by molar-refractivity contribution is 4.96. The van der Waals surface area contributed by atoms with Crippen LogP contribution in [-0.2, 0) is 0 Å². The van der Waals surface area contributed by atoms with Crippen molar-refractivity contribution in [2.24, 2.45) is 0 Å². The van der Waals surface area contributed by atoms with Crippen molar-refractivity contribution in [3.8, 4) is 0 Å². The van der Waals surface area contributed by atoms with Crippen molar-refractivity contribution in [3.63, 3.8) is 0 Å². The van der Waals surface area contributed by atoms with E-state index in [4.69, 9.17) is 0 Å². The third-order valence-electron chi connectivity index (χ3n) is 3.06. The van der Waals surface area contributed by atoms with Crippen LogP contribution in [0.25, 0.3) is 0 Å². The van der Waals surface area contributed by atoms with E-state index in [1.807, 2.05) is 12.2 Å². The maximum absolute atomic E-state index is 3.66. The van der Waals surface area contributed by atoms with Crippen LogP contribution >= 0.6 is 0 Å². The summed E-state index contributed by atoms with van der Waals surface area (Å²) in [5, 5.41) is 0. The second kappa shape index (κ2) is 15.5. The van der Waals surface area contributed by atoms with Gasteiger partial charge < -0.3 is 0 Å². The molecule has 0 saturated heterocycles. The molecule has 0 aromatic rings. The predicted molar refractivity (Wildman–Crippen MR) is 80.1 cm³/mol. The molecule has 0 fully saturated rings. The lowest BCUT2D eigenvalue weighted by atomic mass is 10.1.